The molecule has 0 unspecified atom stereocenters. The molecule has 0 aliphatic rings. The van der Waals surface area contributed by atoms with Gasteiger partial charge in [-0.3, -0.25) is 19.9 Å². The van der Waals surface area contributed by atoms with Crippen molar-refractivity contribution >= 4 is 16.6 Å². The first-order valence-electron chi connectivity index (χ1n) is 4.22. The van der Waals surface area contributed by atoms with Crippen LogP contribution in [-0.4, -0.2) is 14.9 Å². The summed E-state index contributed by atoms with van der Waals surface area (Å²) in [5.41, 5.74) is 0.108. The Morgan fingerprint density at radius 1 is 1.53 bits per heavy atom. The van der Waals surface area contributed by atoms with Crippen LogP contribution in [0.25, 0.3) is 10.9 Å². The molecule has 0 radical (unpaired) electrons. The molecule has 2 rings (SSSR count). The molecule has 76 valence electrons. The van der Waals surface area contributed by atoms with E-state index in [4.69, 9.17) is 0 Å². The minimum Gasteiger partial charge on any atom is -0.354 e. The van der Waals surface area contributed by atoms with Crippen molar-refractivity contribution in [2.24, 2.45) is 0 Å². The maximum absolute atomic E-state index is 11.6. The number of pyridine rings is 2. The van der Waals surface area contributed by atoms with Crippen LogP contribution in [0.15, 0.2) is 23.3 Å². The van der Waals surface area contributed by atoms with E-state index in [1.165, 1.54) is 12.3 Å². The number of aromatic amines is 1. The van der Waals surface area contributed by atoms with Crippen LogP contribution in [0.3, 0.4) is 0 Å². The van der Waals surface area contributed by atoms with Crippen molar-refractivity contribution in [2.45, 2.75) is 6.92 Å². The fourth-order valence-electron chi connectivity index (χ4n) is 1.35. The molecule has 0 amide bonds. The summed E-state index contributed by atoms with van der Waals surface area (Å²) >= 11 is 0. The predicted molar refractivity (Wildman–Crippen MR) is 53.8 cm³/mol. The number of rotatable bonds is 1. The summed E-state index contributed by atoms with van der Waals surface area (Å²) in [5.74, 6) is 0. The first-order chi connectivity index (χ1) is 7.09. The van der Waals surface area contributed by atoms with E-state index in [-0.39, 0.29) is 5.39 Å². The summed E-state index contributed by atoms with van der Waals surface area (Å²) in [5, 5.41) is 10.8. The molecular formula is C9H7N3O3. The van der Waals surface area contributed by atoms with E-state index in [1.54, 1.807) is 6.92 Å². The third-order valence-electron chi connectivity index (χ3n) is 2.08. The van der Waals surface area contributed by atoms with E-state index in [0.717, 1.165) is 6.20 Å². The van der Waals surface area contributed by atoms with Crippen molar-refractivity contribution in [3.8, 4) is 0 Å². The van der Waals surface area contributed by atoms with E-state index in [2.05, 4.69) is 9.97 Å². The fourth-order valence-corrected chi connectivity index (χ4v) is 1.35. The summed E-state index contributed by atoms with van der Waals surface area (Å²) < 4.78 is 0. The SMILES string of the molecule is Cc1cc2c(=O)c([N+](=O)[O-])c[nH]c2cn1. The molecule has 2 heterocycles. The van der Waals surface area contributed by atoms with Crippen molar-refractivity contribution in [1.29, 1.82) is 0 Å². The number of hydrogen-bond acceptors (Lipinski definition) is 4. The van der Waals surface area contributed by atoms with Crippen molar-refractivity contribution in [3.05, 3.63) is 44.5 Å². The van der Waals surface area contributed by atoms with Gasteiger partial charge in [0.05, 0.1) is 28.2 Å². The molecule has 0 saturated heterocycles. The van der Waals surface area contributed by atoms with E-state index in [9.17, 15) is 14.9 Å². The van der Waals surface area contributed by atoms with E-state index in [1.807, 2.05) is 0 Å². The maximum Gasteiger partial charge on any atom is 0.332 e. The first-order valence-corrected chi connectivity index (χ1v) is 4.22. The zero-order valence-electron chi connectivity index (χ0n) is 7.85. The van der Waals surface area contributed by atoms with Crippen LogP contribution in [0.4, 0.5) is 5.69 Å². The fraction of sp³-hybridized carbons (Fsp3) is 0.111. The molecule has 6 nitrogen and oxygen atoms in total. The van der Waals surface area contributed by atoms with Crippen LogP contribution in [0.2, 0.25) is 0 Å². The second-order valence-corrected chi connectivity index (χ2v) is 3.13. The first kappa shape index (κ1) is 9.32. The Morgan fingerprint density at radius 2 is 2.27 bits per heavy atom. The van der Waals surface area contributed by atoms with Crippen LogP contribution >= 0.6 is 0 Å². The zero-order chi connectivity index (χ0) is 11.0. The Hall–Kier alpha value is -2.24. The highest BCUT2D eigenvalue weighted by Gasteiger charge is 2.14. The van der Waals surface area contributed by atoms with E-state index >= 15 is 0 Å². The third-order valence-corrected chi connectivity index (χ3v) is 2.08. The van der Waals surface area contributed by atoms with Gasteiger partial charge in [-0.25, -0.2) is 0 Å². The van der Waals surface area contributed by atoms with E-state index in [0.29, 0.717) is 11.2 Å². The number of nitro groups is 1. The Bertz CT molecular complexity index is 603. The molecule has 1 N–H and O–H groups in total. The minimum atomic E-state index is -0.700. The summed E-state index contributed by atoms with van der Waals surface area (Å²) in [4.78, 5) is 28.1. The second-order valence-electron chi connectivity index (χ2n) is 3.13. The van der Waals surface area contributed by atoms with Gasteiger partial charge in [-0.15, -0.1) is 0 Å². The largest absolute Gasteiger partial charge is 0.354 e. The van der Waals surface area contributed by atoms with Crippen molar-refractivity contribution in [2.75, 3.05) is 0 Å². The Balaban J connectivity index is 2.89. The molecule has 2 aromatic rings. The number of aromatic nitrogens is 2. The predicted octanol–water partition coefficient (Wildman–Crippen LogP) is 1.14. The minimum absolute atomic E-state index is 0.289. The van der Waals surface area contributed by atoms with Gasteiger partial charge in [0.2, 0.25) is 0 Å². The molecule has 0 aromatic carbocycles. The lowest BCUT2D eigenvalue weighted by molar-refractivity contribution is -0.386. The van der Waals surface area contributed by atoms with Crippen molar-refractivity contribution in [1.82, 2.24) is 9.97 Å². The van der Waals surface area contributed by atoms with Crippen LogP contribution in [0.5, 0.6) is 0 Å². The summed E-state index contributed by atoms with van der Waals surface area (Å²) in [6.07, 6.45) is 2.57. The molecule has 0 bridgehead atoms. The monoisotopic (exact) mass is 205 g/mol. The smallest absolute Gasteiger partial charge is 0.332 e. The lowest BCUT2D eigenvalue weighted by atomic mass is 10.2. The molecular weight excluding hydrogens is 198 g/mol. The number of nitrogens with zero attached hydrogens (tertiary/aromatic N) is 2. The molecule has 0 atom stereocenters. The van der Waals surface area contributed by atoms with Crippen LogP contribution in [0.1, 0.15) is 5.69 Å². The van der Waals surface area contributed by atoms with Gasteiger partial charge in [0, 0.05) is 5.69 Å². The van der Waals surface area contributed by atoms with Gasteiger partial charge in [0.15, 0.2) is 0 Å². The van der Waals surface area contributed by atoms with Crippen LogP contribution < -0.4 is 5.43 Å². The molecule has 0 saturated carbocycles. The summed E-state index contributed by atoms with van der Waals surface area (Å²) in [6.45, 7) is 1.72. The van der Waals surface area contributed by atoms with Gasteiger partial charge in [-0.2, -0.15) is 0 Å². The van der Waals surface area contributed by atoms with Crippen molar-refractivity contribution < 1.29 is 4.92 Å². The second kappa shape index (κ2) is 3.16. The Kier molecular flexibility index (Phi) is 1.96. The summed E-state index contributed by atoms with van der Waals surface area (Å²) in [7, 11) is 0. The molecule has 6 heteroatoms. The molecule has 0 aliphatic carbocycles. The maximum atomic E-state index is 11.6. The molecule has 0 fully saturated rings. The number of nitrogens with one attached hydrogen (secondary N) is 1. The van der Waals surface area contributed by atoms with Gasteiger partial charge >= 0.3 is 5.69 Å². The van der Waals surface area contributed by atoms with Gasteiger partial charge in [0.25, 0.3) is 5.43 Å². The number of aryl methyl sites for hydroxylation is 1. The molecule has 0 aliphatic heterocycles. The van der Waals surface area contributed by atoms with Gasteiger partial charge < -0.3 is 4.98 Å². The topological polar surface area (TPSA) is 88.9 Å². The highest BCUT2D eigenvalue weighted by Crippen LogP contribution is 2.11. The standard InChI is InChI=1S/C9H7N3O3/c1-5-2-6-7(3-10-5)11-4-8(9(6)13)12(14)15/h2-4H,1H3,(H,11,13). The van der Waals surface area contributed by atoms with Crippen molar-refractivity contribution in [3.63, 3.8) is 0 Å². The Labute approximate surface area is 83.7 Å². The number of H-pyrrole nitrogens is 1. The Morgan fingerprint density at radius 3 is 2.93 bits per heavy atom. The quantitative estimate of drug-likeness (QED) is 0.558. The third kappa shape index (κ3) is 1.45. The van der Waals surface area contributed by atoms with E-state index < -0.39 is 16.0 Å². The lowest BCUT2D eigenvalue weighted by Crippen LogP contribution is -2.09. The summed E-state index contributed by atoms with van der Waals surface area (Å²) in [6, 6.07) is 1.53. The van der Waals surface area contributed by atoms with Gasteiger partial charge in [-0.05, 0) is 13.0 Å². The van der Waals surface area contributed by atoms with Crippen LogP contribution in [0, 0.1) is 17.0 Å². The van der Waals surface area contributed by atoms with Crippen LogP contribution in [-0.2, 0) is 0 Å². The molecule has 0 spiro atoms. The van der Waals surface area contributed by atoms with Gasteiger partial charge in [-0.1, -0.05) is 0 Å². The number of hydrogen-bond donors (Lipinski definition) is 1. The average Bonchev–Trinajstić information content (AvgIpc) is 2.19. The highest BCUT2D eigenvalue weighted by atomic mass is 16.6. The van der Waals surface area contributed by atoms with Gasteiger partial charge in [0.1, 0.15) is 0 Å². The molecule has 15 heavy (non-hydrogen) atoms. The average molecular weight is 205 g/mol. The molecule has 2 aromatic heterocycles. The number of fused-ring (bicyclic) bond motifs is 1. The zero-order valence-corrected chi connectivity index (χ0v) is 7.85. The normalized spacial score (nSPS) is 10.5. The highest BCUT2D eigenvalue weighted by molar-refractivity contribution is 5.79. The lowest BCUT2D eigenvalue weighted by Gasteiger charge is -1.98.